The maximum absolute atomic E-state index is 12.4. The summed E-state index contributed by atoms with van der Waals surface area (Å²) in [6.07, 6.45) is 7.25. The fraction of sp³-hybridized carbons (Fsp3) is 0.650. The van der Waals surface area contributed by atoms with Crippen molar-refractivity contribution in [3.63, 3.8) is 0 Å². The SMILES string of the molecule is COc1cccc(CN2CCN(C(=O)CCC3CCCC3)CC2)c1. The quantitative estimate of drug-likeness (QED) is 0.802. The van der Waals surface area contributed by atoms with Gasteiger partial charge in [-0.3, -0.25) is 9.69 Å². The van der Waals surface area contributed by atoms with Gasteiger partial charge in [0, 0.05) is 39.1 Å². The first-order chi connectivity index (χ1) is 11.7. The number of methoxy groups -OCH3 is 1. The van der Waals surface area contributed by atoms with Crippen molar-refractivity contribution in [1.82, 2.24) is 9.80 Å². The number of hydrogen-bond acceptors (Lipinski definition) is 3. The molecule has 2 fully saturated rings. The Labute approximate surface area is 145 Å². The summed E-state index contributed by atoms with van der Waals surface area (Å²) in [5.74, 6) is 2.08. The van der Waals surface area contributed by atoms with Crippen molar-refractivity contribution in [3.8, 4) is 5.75 Å². The van der Waals surface area contributed by atoms with Gasteiger partial charge in [-0.1, -0.05) is 37.8 Å². The predicted molar refractivity (Wildman–Crippen MR) is 96.0 cm³/mol. The molecule has 0 unspecified atom stereocenters. The van der Waals surface area contributed by atoms with E-state index in [4.69, 9.17) is 4.74 Å². The molecule has 4 heteroatoms. The van der Waals surface area contributed by atoms with Crippen LogP contribution in [0.25, 0.3) is 0 Å². The fourth-order valence-electron chi connectivity index (χ4n) is 3.97. The van der Waals surface area contributed by atoms with Crippen LogP contribution in [0, 0.1) is 5.92 Å². The van der Waals surface area contributed by atoms with Gasteiger partial charge in [0.1, 0.15) is 5.75 Å². The number of amides is 1. The minimum atomic E-state index is 0.364. The molecule has 3 rings (SSSR count). The van der Waals surface area contributed by atoms with Crippen molar-refractivity contribution in [2.24, 2.45) is 5.92 Å². The van der Waals surface area contributed by atoms with Gasteiger partial charge in [0.25, 0.3) is 0 Å². The van der Waals surface area contributed by atoms with E-state index in [0.717, 1.165) is 57.2 Å². The second-order valence-electron chi connectivity index (χ2n) is 7.20. The van der Waals surface area contributed by atoms with Gasteiger partial charge >= 0.3 is 0 Å². The Morgan fingerprint density at radius 1 is 1.17 bits per heavy atom. The van der Waals surface area contributed by atoms with Crippen molar-refractivity contribution in [3.05, 3.63) is 29.8 Å². The van der Waals surface area contributed by atoms with Crippen LogP contribution < -0.4 is 4.74 Å². The van der Waals surface area contributed by atoms with E-state index in [9.17, 15) is 4.79 Å². The average molecular weight is 330 g/mol. The number of benzene rings is 1. The Kier molecular flexibility index (Phi) is 6.13. The Balaban J connectivity index is 1.40. The average Bonchev–Trinajstić information content (AvgIpc) is 3.14. The van der Waals surface area contributed by atoms with E-state index in [2.05, 4.69) is 21.9 Å². The molecule has 0 atom stereocenters. The third kappa shape index (κ3) is 4.73. The highest BCUT2D eigenvalue weighted by molar-refractivity contribution is 5.76. The first-order valence-electron chi connectivity index (χ1n) is 9.37. The van der Waals surface area contributed by atoms with Gasteiger partial charge in [-0.25, -0.2) is 0 Å². The Bertz CT molecular complexity index is 532. The third-order valence-electron chi connectivity index (χ3n) is 5.51. The second-order valence-corrected chi connectivity index (χ2v) is 7.20. The van der Waals surface area contributed by atoms with Gasteiger partial charge in [-0.2, -0.15) is 0 Å². The minimum Gasteiger partial charge on any atom is -0.497 e. The molecule has 0 bridgehead atoms. The smallest absolute Gasteiger partial charge is 0.222 e. The van der Waals surface area contributed by atoms with Gasteiger partial charge in [-0.05, 0) is 30.0 Å². The van der Waals surface area contributed by atoms with Crippen LogP contribution in [0.4, 0.5) is 0 Å². The number of ether oxygens (including phenoxy) is 1. The summed E-state index contributed by atoms with van der Waals surface area (Å²) in [5, 5.41) is 0. The molecule has 1 amide bonds. The van der Waals surface area contributed by atoms with Crippen LogP contribution >= 0.6 is 0 Å². The first-order valence-corrected chi connectivity index (χ1v) is 9.37. The highest BCUT2D eigenvalue weighted by Gasteiger charge is 2.22. The van der Waals surface area contributed by atoms with Gasteiger partial charge < -0.3 is 9.64 Å². The molecule has 2 aliphatic rings. The molecule has 1 saturated carbocycles. The van der Waals surface area contributed by atoms with Crippen molar-refractivity contribution in [2.75, 3.05) is 33.3 Å². The Morgan fingerprint density at radius 2 is 1.92 bits per heavy atom. The Hall–Kier alpha value is -1.55. The molecular formula is C20H30N2O2. The van der Waals surface area contributed by atoms with Crippen LogP contribution in [0.3, 0.4) is 0 Å². The molecule has 24 heavy (non-hydrogen) atoms. The van der Waals surface area contributed by atoms with E-state index in [1.807, 2.05) is 12.1 Å². The molecular weight excluding hydrogens is 300 g/mol. The van der Waals surface area contributed by atoms with Gasteiger partial charge in [0.15, 0.2) is 0 Å². The summed E-state index contributed by atoms with van der Waals surface area (Å²) >= 11 is 0. The largest absolute Gasteiger partial charge is 0.497 e. The van der Waals surface area contributed by atoms with E-state index in [1.165, 1.54) is 31.2 Å². The zero-order chi connectivity index (χ0) is 16.8. The molecule has 1 aliphatic heterocycles. The number of hydrogen-bond donors (Lipinski definition) is 0. The topological polar surface area (TPSA) is 32.8 Å². The van der Waals surface area contributed by atoms with Gasteiger partial charge in [0.05, 0.1) is 7.11 Å². The molecule has 1 aliphatic carbocycles. The second kappa shape index (κ2) is 8.52. The molecule has 1 heterocycles. The third-order valence-corrected chi connectivity index (χ3v) is 5.51. The lowest BCUT2D eigenvalue weighted by Gasteiger charge is -2.35. The first kappa shape index (κ1) is 17.3. The van der Waals surface area contributed by atoms with Crippen molar-refractivity contribution in [2.45, 2.75) is 45.1 Å². The summed E-state index contributed by atoms with van der Waals surface area (Å²) in [5.41, 5.74) is 1.27. The lowest BCUT2D eigenvalue weighted by atomic mass is 10.0. The molecule has 0 spiro atoms. The highest BCUT2D eigenvalue weighted by Crippen LogP contribution is 2.28. The van der Waals surface area contributed by atoms with E-state index >= 15 is 0 Å². The zero-order valence-corrected chi connectivity index (χ0v) is 14.9. The number of carbonyl (C=O) groups excluding carboxylic acids is 1. The molecule has 0 N–H and O–H groups in total. The minimum absolute atomic E-state index is 0.364. The molecule has 132 valence electrons. The molecule has 0 aromatic heterocycles. The molecule has 1 saturated heterocycles. The standard InChI is InChI=1S/C20H30N2O2/c1-24-19-8-4-7-18(15-19)16-21-11-13-22(14-12-21)20(23)10-9-17-5-2-3-6-17/h4,7-8,15,17H,2-3,5-6,9-14,16H2,1H3. The van der Waals surface area contributed by atoms with E-state index in [1.54, 1.807) is 7.11 Å². The van der Waals surface area contributed by atoms with Crippen molar-refractivity contribution in [1.29, 1.82) is 0 Å². The van der Waals surface area contributed by atoms with E-state index < -0.39 is 0 Å². The van der Waals surface area contributed by atoms with E-state index in [0.29, 0.717) is 5.91 Å². The highest BCUT2D eigenvalue weighted by atomic mass is 16.5. The van der Waals surface area contributed by atoms with Crippen LogP contribution in [0.1, 0.15) is 44.1 Å². The summed E-state index contributed by atoms with van der Waals surface area (Å²) in [6.45, 7) is 4.60. The van der Waals surface area contributed by atoms with Crippen molar-refractivity contribution < 1.29 is 9.53 Å². The normalized spacial score (nSPS) is 19.6. The molecule has 0 radical (unpaired) electrons. The maximum Gasteiger partial charge on any atom is 0.222 e. The lowest BCUT2D eigenvalue weighted by Crippen LogP contribution is -2.48. The van der Waals surface area contributed by atoms with Crippen LogP contribution in [0.15, 0.2) is 24.3 Å². The summed E-state index contributed by atoms with van der Waals surface area (Å²) in [7, 11) is 1.70. The number of piperazine rings is 1. The van der Waals surface area contributed by atoms with Crippen molar-refractivity contribution >= 4 is 5.91 Å². The summed E-state index contributed by atoms with van der Waals surface area (Å²) in [4.78, 5) is 16.9. The Morgan fingerprint density at radius 3 is 2.62 bits per heavy atom. The number of nitrogens with zero attached hydrogens (tertiary/aromatic N) is 2. The van der Waals surface area contributed by atoms with Gasteiger partial charge in [-0.15, -0.1) is 0 Å². The zero-order valence-electron chi connectivity index (χ0n) is 14.9. The van der Waals surface area contributed by atoms with Crippen LogP contribution in [-0.4, -0.2) is 49.0 Å². The van der Waals surface area contributed by atoms with Crippen LogP contribution in [-0.2, 0) is 11.3 Å². The monoisotopic (exact) mass is 330 g/mol. The van der Waals surface area contributed by atoms with E-state index in [-0.39, 0.29) is 0 Å². The fourth-order valence-corrected chi connectivity index (χ4v) is 3.97. The molecule has 1 aromatic carbocycles. The summed E-state index contributed by atoms with van der Waals surface area (Å²) in [6, 6.07) is 8.25. The van der Waals surface area contributed by atoms with Gasteiger partial charge in [0.2, 0.25) is 5.91 Å². The van der Waals surface area contributed by atoms with Crippen LogP contribution in [0.5, 0.6) is 5.75 Å². The number of rotatable bonds is 6. The molecule has 4 nitrogen and oxygen atoms in total. The predicted octanol–water partition coefficient (Wildman–Crippen LogP) is 3.31. The maximum atomic E-state index is 12.4. The number of carbonyl (C=O) groups is 1. The summed E-state index contributed by atoms with van der Waals surface area (Å²) < 4.78 is 5.29. The molecule has 1 aromatic rings. The van der Waals surface area contributed by atoms with Crippen LogP contribution in [0.2, 0.25) is 0 Å². The lowest BCUT2D eigenvalue weighted by molar-refractivity contribution is -0.133.